The van der Waals surface area contributed by atoms with Gasteiger partial charge in [-0.2, -0.15) is 0 Å². The van der Waals surface area contributed by atoms with E-state index in [1.165, 1.54) is 0 Å². The largest absolute Gasteiger partial charge is 0.493 e. The fraction of sp³-hybridized carbons (Fsp3) is 0.400. The van der Waals surface area contributed by atoms with Gasteiger partial charge in [-0.1, -0.05) is 0 Å². The second-order valence-corrected chi connectivity index (χ2v) is 3.24. The number of ether oxygens (including phenoxy) is 1. The average molecular weight is 192 g/mol. The zero-order chi connectivity index (χ0) is 9.97. The number of carbonyl (C=O) groups is 1. The van der Waals surface area contributed by atoms with Crippen molar-refractivity contribution in [1.29, 1.82) is 0 Å². The highest BCUT2D eigenvalue weighted by molar-refractivity contribution is 5.87. The molecule has 0 bridgehead atoms. The fourth-order valence-electron chi connectivity index (χ4n) is 1.59. The third-order valence-electron chi connectivity index (χ3n) is 2.30. The van der Waals surface area contributed by atoms with Gasteiger partial charge in [-0.25, -0.2) is 4.98 Å². The van der Waals surface area contributed by atoms with Crippen LogP contribution in [0.2, 0.25) is 0 Å². The molecule has 1 saturated heterocycles. The van der Waals surface area contributed by atoms with Gasteiger partial charge in [0.1, 0.15) is 0 Å². The van der Waals surface area contributed by atoms with Gasteiger partial charge in [-0.05, 0) is 12.1 Å². The van der Waals surface area contributed by atoms with E-state index >= 15 is 0 Å². The van der Waals surface area contributed by atoms with Crippen molar-refractivity contribution in [3.05, 3.63) is 18.3 Å². The fourth-order valence-corrected chi connectivity index (χ4v) is 1.59. The van der Waals surface area contributed by atoms with Crippen LogP contribution in [0.15, 0.2) is 18.3 Å². The summed E-state index contributed by atoms with van der Waals surface area (Å²) in [5.74, 6) is 1.75. The lowest BCUT2D eigenvalue weighted by molar-refractivity contribution is -0.116. The smallest absolute Gasteiger partial charge is 0.171 e. The number of hydrogen-bond acceptors (Lipinski definition) is 4. The van der Waals surface area contributed by atoms with Crippen LogP contribution in [0.3, 0.4) is 0 Å². The molecule has 0 N–H and O–H groups in total. The Bertz CT molecular complexity index is 352. The number of methoxy groups -OCH3 is 1. The molecule has 1 aliphatic rings. The first-order chi connectivity index (χ1) is 6.81. The van der Waals surface area contributed by atoms with Crippen LogP contribution in [0.4, 0.5) is 5.82 Å². The van der Waals surface area contributed by atoms with Gasteiger partial charge in [0.05, 0.1) is 13.7 Å². The SMILES string of the molecule is COc1cccnc1N1CCC(=O)C1. The van der Waals surface area contributed by atoms with E-state index in [2.05, 4.69) is 4.98 Å². The Morgan fingerprint density at radius 1 is 1.57 bits per heavy atom. The number of pyridine rings is 1. The molecular formula is C10H12N2O2. The molecule has 4 heteroatoms. The van der Waals surface area contributed by atoms with Crippen LogP contribution in [0.5, 0.6) is 5.75 Å². The molecule has 0 atom stereocenters. The molecule has 0 aromatic carbocycles. The van der Waals surface area contributed by atoms with Crippen molar-refractivity contribution in [2.45, 2.75) is 6.42 Å². The quantitative estimate of drug-likeness (QED) is 0.697. The van der Waals surface area contributed by atoms with Crippen molar-refractivity contribution < 1.29 is 9.53 Å². The third kappa shape index (κ3) is 1.55. The maximum Gasteiger partial charge on any atom is 0.171 e. The first kappa shape index (κ1) is 8.99. The predicted octanol–water partition coefficient (Wildman–Crippen LogP) is 0.869. The molecule has 14 heavy (non-hydrogen) atoms. The van der Waals surface area contributed by atoms with Gasteiger partial charge in [0.15, 0.2) is 17.4 Å². The van der Waals surface area contributed by atoms with Crippen LogP contribution in [0.1, 0.15) is 6.42 Å². The summed E-state index contributed by atoms with van der Waals surface area (Å²) in [7, 11) is 1.61. The normalized spacial score (nSPS) is 16.1. The molecule has 1 aliphatic heterocycles. The van der Waals surface area contributed by atoms with Gasteiger partial charge in [0.25, 0.3) is 0 Å². The van der Waals surface area contributed by atoms with E-state index in [0.717, 1.165) is 18.1 Å². The van der Waals surface area contributed by atoms with Crippen molar-refractivity contribution in [2.24, 2.45) is 0 Å². The first-order valence-corrected chi connectivity index (χ1v) is 4.57. The van der Waals surface area contributed by atoms with E-state index < -0.39 is 0 Å². The van der Waals surface area contributed by atoms with Crippen LogP contribution >= 0.6 is 0 Å². The maximum atomic E-state index is 11.1. The second kappa shape index (κ2) is 3.65. The summed E-state index contributed by atoms with van der Waals surface area (Å²) < 4.78 is 5.18. The molecule has 1 fully saturated rings. The minimum absolute atomic E-state index is 0.262. The highest BCUT2D eigenvalue weighted by Crippen LogP contribution is 2.26. The highest BCUT2D eigenvalue weighted by Gasteiger charge is 2.22. The van der Waals surface area contributed by atoms with E-state index in [1.807, 2.05) is 17.0 Å². The number of ketones is 1. The van der Waals surface area contributed by atoms with Gasteiger partial charge in [0, 0.05) is 19.2 Å². The Morgan fingerprint density at radius 2 is 2.43 bits per heavy atom. The number of aromatic nitrogens is 1. The van der Waals surface area contributed by atoms with Crippen LogP contribution in [0.25, 0.3) is 0 Å². The number of anilines is 1. The summed E-state index contributed by atoms with van der Waals surface area (Å²) >= 11 is 0. The summed E-state index contributed by atoms with van der Waals surface area (Å²) in [6, 6.07) is 3.67. The molecule has 1 aromatic rings. The van der Waals surface area contributed by atoms with Gasteiger partial charge in [-0.3, -0.25) is 4.79 Å². The second-order valence-electron chi connectivity index (χ2n) is 3.24. The van der Waals surface area contributed by atoms with Crippen molar-refractivity contribution >= 4 is 11.6 Å². The minimum Gasteiger partial charge on any atom is -0.493 e. The summed E-state index contributed by atoms with van der Waals surface area (Å²) in [6.45, 7) is 1.19. The van der Waals surface area contributed by atoms with E-state index in [-0.39, 0.29) is 5.78 Å². The molecular weight excluding hydrogens is 180 g/mol. The van der Waals surface area contributed by atoms with Gasteiger partial charge in [-0.15, -0.1) is 0 Å². The average Bonchev–Trinajstić information content (AvgIpc) is 2.65. The Morgan fingerprint density at radius 3 is 3.07 bits per heavy atom. The molecule has 0 spiro atoms. The van der Waals surface area contributed by atoms with Crippen LogP contribution in [-0.2, 0) is 4.79 Å². The molecule has 0 amide bonds. The molecule has 74 valence electrons. The molecule has 0 saturated carbocycles. The summed E-state index contributed by atoms with van der Waals surface area (Å²) in [5, 5.41) is 0. The molecule has 2 heterocycles. The van der Waals surface area contributed by atoms with E-state index in [9.17, 15) is 4.79 Å². The van der Waals surface area contributed by atoms with Crippen LogP contribution in [-0.4, -0.2) is 31.0 Å². The van der Waals surface area contributed by atoms with Crippen molar-refractivity contribution in [3.8, 4) is 5.75 Å². The van der Waals surface area contributed by atoms with Gasteiger partial charge in [0.2, 0.25) is 0 Å². The van der Waals surface area contributed by atoms with Gasteiger partial charge >= 0.3 is 0 Å². The summed E-state index contributed by atoms with van der Waals surface area (Å²) in [6.07, 6.45) is 2.32. The monoisotopic (exact) mass is 192 g/mol. The zero-order valence-electron chi connectivity index (χ0n) is 8.06. The third-order valence-corrected chi connectivity index (χ3v) is 2.30. The number of hydrogen-bond donors (Lipinski definition) is 0. The molecule has 0 unspecified atom stereocenters. The van der Waals surface area contributed by atoms with Crippen LogP contribution in [0, 0.1) is 0 Å². The van der Waals surface area contributed by atoms with Crippen molar-refractivity contribution in [3.63, 3.8) is 0 Å². The highest BCUT2D eigenvalue weighted by atomic mass is 16.5. The lowest BCUT2D eigenvalue weighted by atomic mass is 10.4. The van der Waals surface area contributed by atoms with E-state index in [0.29, 0.717) is 13.0 Å². The first-order valence-electron chi connectivity index (χ1n) is 4.57. The molecule has 0 radical (unpaired) electrons. The lowest BCUT2D eigenvalue weighted by Crippen LogP contribution is -2.21. The summed E-state index contributed by atoms with van der Waals surface area (Å²) in [4.78, 5) is 17.3. The zero-order valence-corrected chi connectivity index (χ0v) is 8.06. The Labute approximate surface area is 82.5 Å². The van der Waals surface area contributed by atoms with Crippen LogP contribution < -0.4 is 9.64 Å². The lowest BCUT2D eigenvalue weighted by Gasteiger charge is -2.17. The topological polar surface area (TPSA) is 42.4 Å². The molecule has 2 rings (SSSR count). The Hall–Kier alpha value is -1.58. The maximum absolute atomic E-state index is 11.1. The van der Waals surface area contributed by atoms with Crippen molar-refractivity contribution in [2.75, 3.05) is 25.1 Å². The molecule has 0 aliphatic carbocycles. The number of carbonyl (C=O) groups excluding carboxylic acids is 1. The Kier molecular flexibility index (Phi) is 2.35. The molecule has 1 aromatic heterocycles. The predicted molar refractivity (Wildman–Crippen MR) is 52.6 cm³/mol. The Balaban J connectivity index is 2.27. The summed E-state index contributed by atoms with van der Waals surface area (Å²) in [5.41, 5.74) is 0. The number of nitrogens with zero attached hydrogens (tertiary/aromatic N) is 2. The van der Waals surface area contributed by atoms with Gasteiger partial charge < -0.3 is 9.64 Å². The number of Topliss-reactive ketones (excluding diaryl/α,β-unsaturated/α-hetero) is 1. The minimum atomic E-state index is 0.262. The van der Waals surface area contributed by atoms with E-state index in [4.69, 9.17) is 4.74 Å². The standard InChI is InChI=1S/C10H12N2O2/c1-14-9-3-2-5-11-10(9)12-6-4-8(13)7-12/h2-3,5H,4,6-7H2,1H3. The number of rotatable bonds is 2. The molecule has 4 nitrogen and oxygen atoms in total. The van der Waals surface area contributed by atoms with Crippen molar-refractivity contribution in [1.82, 2.24) is 4.98 Å². The van der Waals surface area contributed by atoms with E-state index in [1.54, 1.807) is 13.3 Å².